The second kappa shape index (κ2) is 4.36. The summed E-state index contributed by atoms with van der Waals surface area (Å²) in [5, 5.41) is 0. The minimum atomic E-state index is -4.27. The summed E-state index contributed by atoms with van der Waals surface area (Å²) in [4.78, 5) is 1.78. The van der Waals surface area contributed by atoms with Crippen LogP contribution in [0.25, 0.3) is 0 Å². The molecule has 1 aliphatic heterocycles. The maximum atomic E-state index is 12.8. The van der Waals surface area contributed by atoms with Crippen LogP contribution >= 0.6 is 0 Å². The molecule has 0 N–H and O–H groups in total. The molecule has 1 nitrogen and oxygen atoms in total. The van der Waals surface area contributed by atoms with Crippen LogP contribution in [0.15, 0.2) is 24.3 Å². The molecule has 0 atom stereocenters. The van der Waals surface area contributed by atoms with Crippen LogP contribution in [-0.2, 0) is 6.18 Å². The molecule has 0 spiro atoms. The number of anilines is 1. The van der Waals surface area contributed by atoms with Crippen LogP contribution < -0.4 is 4.90 Å². The van der Waals surface area contributed by atoms with Crippen molar-refractivity contribution in [3.8, 4) is 0 Å². The molecule has 0 bridgehead atoms. The first-order chi connectivity index (χ1) is 7.59. The zero-order valence-electron chi connectivity index (χ0n) is 8.80. The van der Waals surface area contributed by atoms with E-state index >= 15 is 0 Å². The van der Waals surface area contributed by atoms with Gasteiger partial charge in [-0.2, -0.15) is 13.2 Å². The van der Waals surface area contributed by atoms with Crippen LogP contribution in [0, 0.1) is 6.42 Å². The van der Waals surface area contributed by atoms with Gasteiger partial charge in [0.15, 0.2) is 0 Å². The lowest BCUT2D eigenvalue weighted by Gasteiger charge is -2.30. The lowest BCUT2D eigenvalue weighted by atomic mass is 10.1. The third kappa shape index (κ3) is 2.31. The summed E-state index contributed by atoms with van der Waals surface area (Å²) in [6.45, 7) is 1.30. The van der Waals surface area contributed by atoms with Gasteiger partial charge < -0.3 is 4.90 Å². The van der Waals surface area contributed by atoms with Gasteiger partial charge in [0.05, 0.1) is 5.56 Å². The molecular formula is C12H13F3N. The van der Waals surface area contributed by atoms with Crippen molar-refractivity contribution in [3.05, 3.63) is 36.2 Å². The minimum Gasteiger partial charge on any atom is -0.371 e. The van der Waals surface area contributed by atoms with Crippen molar-refractivity contribution < 1.29 is 13.2 Å². The molecule has 1 radical (unpaired) electrons. The molecular weight excluding hydrogens is 215 g/mol. The fourth-order valence-corrected chi connectivity index (χ4v) is 1.97. The Kier molecular flexibility index (Phi) is 3.08. The Morgan fingerprint density at radius 1 is 1.12 bits per heavy atom. The Morgan fingerprint density at radius 3 is 2.50 bits per heavy atom. The average Bonchev–Trinajstić information content (AvgIpc) is 2.29. The van der Waals surface area contributed by atoms with Gasteiger partial charge in [0.1, 0.15) is 0 Å². The maximum Gasteiger partial charge on any atom is 0.418 e. The van der Waals surface area contributed by atoms with Gasteiger partial charge in [-0.3, -0.25) is 0 Å². The van der Waals surface area contributed by atoms with E-state index in [1.807, 2.05) is 6.42 Å². The second-order valence-electron chi connectivity index (χ2n) is 3.89. The molecule has 0 aliphatic carbocycles. The van der Waals surface area contributed by atoms with Gasteiger partial charge in [0.25, 0.3) is 0 Å². The molecule has 1 aromatic rings. The molecule has 0 unspecified atom stereocenters. The monoisotopic (exact) mass is 228 g/mol. The van der Waals surface area contributed by atoms with Crippen LogP contribution in [0.5, 0.6) is 0 Å². The first kappa shape index (κ1) is 11.3. The zero-order valence-corrected chi connectivity index (χ0v) is 8.80. The van der Waals surface area contributed by atoms with Crippen molar-refractivity contribution in [2.45, 2.75) is 19.0 Å². The Labute approximate surface area is 92.9 Å². The van der Waals surface area contributed by atoms with E-state index in [1.54, 1.807) is 17.0 Å². The van der Waals surface area contributed by atoms with Gasteiger partial charge >= 0.3 is 6.18 Å². The topological polar surface area (TPSA) is 3.24 Å². The molecule has 0 amide bonds. The van der Waals surface area contributed by atoms with Gasteiger partial charge in [-0.1, -0.05) is 12.1 Å². The van der Waals surface area contributed by atoms with Crippen molar-refractivity contribution in [1.29, 1.82) is 0 Å². The Hall–Kier alpha value is -1.19. The van der Waals surface area contributed by atoms with E-state index in [1.165, 1.54) is 6.07 Å². The van der Waals surface area contributed by atoms with E-state index in [4.69, 9.17) is 0 Å². The summed E-state index contributed by atoms with van der Waals surface area (Å²) >= 11 is 0. The fraction of sp³-hybridized carbons (Fsp3) is 0.417. The summed E-state index contributed by atoms with van der Waals surface area (Å²) in [5.74, 6) is 0. The molecule has 1 aromatic carbocycles. The number of nitrogens with zero attached hydrogens (tertiary/aromatic N) is 1. The standard InChI is InChI=1S/C12H13F3N/c13-12(14,15)10-6-2-3-7-11(10)16-8-4-1-5-9-16/h2-4,6-7H,1,5,8-9H2. The highest BCUT2D eigenvalue weighted by molar-refractivity contribution is 5.55. The minimum absolute atomic E-state index is 0.297. The SMILES string of the molecule is FC(F)(F)c1ccccc1N1C[CH]CCC1. The lowest BCUT2D eigenvalue weighted by molar-refractivity contribution is -0.137. The van der Waals surface area contributed by atoms with E-state index in [-0.39, 0.29) is 0 Å². The second-order valence-corrected chi connectivity index (χ2v) is 3.89. The van der Waals surface area contributed by atoms with E-state index in [0.29, 0.717) is 18.8 Å². The third-order valence-electron chi connectivity index (χ3n) is 2.74. The number of alkyl halides is 3. The van der Waals surface area contributed by atoms with Crippen LogP contribution in [0.4, 0.5) is 18.9 Å². The predicted octanol–water partition coefficient (Wildman–Crippen LogP) is 3.51. The highest BCUT2D eigenvalue weighted by atomic mass is 19.4. The molecule has 0 saturated carbocycles. The van der Waals surface area contributed by atoms with Crippen molar-refractivity contribution >= 4 is 5.69 Å². The van der Waals surface area contributed by atoms with Gasteiger partial charge in [-0.25, -0.2) is 0 Å². The molecule has 1 saturated heterocycles. The van der Waals surface area contributed by atoms with Crippen LogP contribution in [0.2, 0.25) is 0 Å². The number of piperidine rings is 1. The highest BCUT2D eigenvalue weighted by Gasteiger charge is 2.34. The molecule has 4 heteroatoms. The number of halogens is 3. The Morgan fingerprint density at radius 2 is 1.88 bits per heavy atom. The maximum absolute atomic E-state index is 12.8. The van der Waals surface area contributed by atoms with Crippen LogP contribution in [0.3, 0.4) is 0 Å². The van der Waals surface area contributed by atoms with Crippen LogP contribution in [-0.4, -0.2) is 13.1 Å². The van der Waals surface area contributed by atoms with Gasteiger partial charge in [0.2, 0.25) is 0 Å². The lowest BCUT2D eigenvalue weighted by Crippen LogP contribution is -2.31. The first-order valence-corrected chi connectivity index (χ1v) is 5.32. The molecule has 1 heterocycles. The van der Waals surface area contributed by atoms with Crippen LogP contribution in [0.1, 0.15) is 18.4 Å². The average molecular weight is 228 g/mol. The Bertz CT molecular complexity index is 354. The quantitative estimate of drug-likeness (QED) is 0.711. The zero-order chi connectivity index (χ0) is 11.6. The van der Waals surface area contributed by atoms with Crippen molar-refractivity contribution in [3.63, 3.8) is 0 Å². The number of benzene rings is 1. The summed E-state index contributed by atoms with van der Waals surface area (Å²) in [6.07, 6.45) is -0.332. The van der Waals surface area contributed by atoms with Crippen molar-refractivity contribution in [2.75, 3.05) is 18.0 Å². The summed E-state index contributed by atoms with van der Waals surface area (Å²) in [5.41, 5.74) is -0.240. The van der Waals surface area contributed by atoms with Crippen molar-refractivity contribution in [2.24, 2.45) is 0 Å². The number of hydrogen-bond acceptors (Lipinski definition) is 1. The molecule has 1 fully saturated rings. The normalized spacial score (nSPS) is 17.6. The van der Waals surface area contributed by atoms with Gasteiger partial charge in [-0.15, -0.1) is 0 Å². The van der Waals surface area contributed by atoms with E-state index in [9.17, 15) is 13.2 Å². The number of rotatable bonds is 1. The molecule has 1 aliphatic rings. The number of hydrogen-bond donors (Lipinski definition) is 0. The summed E-state index contributed by atoms with van der Waals surface area (Å²) in [6, 6.07) is 5.77. The molecule has 2 rings (SSSR count). The van der Waals surface area contributed by atoms with E-state index in [2.05, 4.69) is 0 Å². The summed E-state index contributed by atoms with van der Waals surface area (Å²) in [7, 11) is 0. The van der Waals surface area contributed by atoms with E-state index < -0.39 is 11.7 Å². The highest BCUT2D eigenvalue weighted by Crippen LogP contribution is 2.37. The van der Waals surface area contributed by atoms with Gasteiger partial charge in [-0.05, 0) is 31.4 Å². The largest absolute Gasteiger partial charge is 0.418 e. The smallest absolute Gasteiger partial charge is 0.371 e. The number of para-hydroxylation sites is 1. The Balaban J connectivity index is 2.32. The van der Waals surface area contributed by atoms with Crippen molar-refractivity contribution in [1.82, 2.24) is 0 Å². The molecule has 87 valence electrons. The third-order valence-corrected chi connectivity index (χ3v) is 2.74. The van der Waals surface area contributed by atoms with E-state index in [0.717, 1.165) is 18.9 Å². The molecule has 0 aromatic heterocycles. The summed E-state index contributed by atoms with van der Waals surface area (Å²) < 4.78 is 38.3. The molecule has 16 heavy (non-hydrogen) atoms. The van der Waals surface area contributed by atoms with Gasteiger partial charge in [0, 0.05) is 18.8 Å². The fourth-order valence-electron chi connectivity index (χ4n) is 1.97. The first-order valence-electron chi connectivity index (χ1n) is 5.32. The predicted molar refractivity (Wildman–Crippen MR) is 57.2 cm³/mol.